The van der Waals surface area contributed by atoms with Crippen molar-refractivity contribution < 1.29 is 9.13 Å². The molecule has 1 aromatic heterocycles. The van der Waals surface area contributed by atoms with Gasteiger partial charge in [-0.25, -0.2) is 9.37 Å². The molecule has 118 valence electrons. The molecule has 1 aliphatic heterocycles. The average molecular weight is 295 g/mol. The van der Waals surface area contributed by atoms with Gasteiger partial charge in [-0.3, -0.25) is 0 Å². The van der Waals surface area contributed by atoms with Crippen LogP contribution in [-0.4, -0.2) is 36.8 Å². The Morgan fingerprint density at radius 1 is 1.38 bits per heavy atom. The molecule has 1 N–H and O–H groups in total. The largest absolute Gasteiger partial charge is 0.381 e. The number of hydrogen-bond acceptors (Lipinski definition) is 4. The van der Waals surface area contributed by atoms with Crippen LogP contribution >= 0.6 is 0 Å². The van der Waals surface area contributed by atoms with Crippen molar-refractivity contribution in [2.24, 2.45) is 0 Å². The summed E-state index contributed by atoms with van der Waals surface area (Å²) in [5.74, 6) is 0.574. The van der Waals surface area contributed by atoms with E-state index in [4.69, 9.17) is 4.74 Å². The van der Waals surface area contributed by atoms with Crippen LogP contribution in [0.4, 0.5) is 10.2 Å². The maximum Gasteiger partial charge on any atom is 0.141 e. The molecule has 4 nitrogen and oxygen atoms in total. The first-order valence-corrected chi connectivity index (χ1v) is 7.57. The lowest BCUT2D eigenvalue weighted by molar-refractivity contribution is 0.0853. The second kappa shape index (κ2) is 6.71. The number of ether oxygens (including phenoxy) is 1. The Morgan fingerprint density at radius 2 is 2.05 bits per heavy atom. The Bertz CT molecular complexity index is 467. The van der Waals surface area contributed by atoms with Crippen molar-refractivity contribution in [1.82, 2.24) is 10.3 Å². The summed E-state index contributed by atoms with van der Waals surface area (Å²) in [6, 6.07) is 1.99. The van der Waals surface area contributed by atoms with Crippen LogP contribution in [0.25, 0.3) is 0 Å². The quantitative estimate of drug-likeness (QED) is 0.927. The third-order valence-corrected chi connectivity index (χ3v) is 3.79. The van der Waals surface area contributed by atoms with Crippen molar-refractivity contribution in [3.63, 3.8) is 0 Å². The van der Waals surface area contributed by atoms with Gasteiger partial charge in [0.2, 0.25) is 0 Å². The van der Waals surface area contributed by atoms with Gasteiger partial charge in [0.15, 0.2) is 0 Å². The van der Waals surface area contributed by atoms with E-state index >= 15 is 0 Å². The van der Waals surface area contributed by atoms with E-state index in [9.17, 15) is 4.39 Å². The lowest BCUT2D eigenvalue weighted by Crippen LogP contribution is -2.39. The molecular weight excluding hydrogens is 269 g/mol. The summed E-state index contributed by atoms with van der Waals surface area (Å²) in [4.78, 5) is 6.49. The van der Waals surface area contributed by atoms with Gasteiger partial charge in [0.1, 0.15) is 11.6 Å². The zero-order chi connectivity index (χ0) is 15.5. The summed E-state index contributed by atoms with van der Waals surface area (Å²) < 4.78 is 19.0. The second-order valence-corrected chi connectivity index (χ2v) is 6.69. The van der Waals surface area contributed by atoms with Crippen molar-refractivity contribution >= 4 is 5.82 Å². The number of rotatable bonds is 4. The van der Waals surface area contributed by atoms with E-state index in [0.717, 1.165) is 37.4 Å². The summed E-state index contributed by atoms with van der Waals surface area (Å²) >= 11 is 0. The first-order valence-electron chi connectivity index (χ1n) is 7.57. The predicted molar refractivity (Wildman–Crippen MR) is 83.0 cm³/mol. The molecule has 1 aliphatic rings. The minimum Gasteiger partial charge on any atom is -0.381 e. The van der Waals surface area contributed by atoms with Crippen LogP contribution in [0.5, 0.6) is 0 Å². The lowest BCUT2D eigenvalue weighted by atomic mass is 10.1. The van der Waals surface area contributed by atoms with Crippen molar-refractivity contribution in [2.75, 3.05) is 25.2 Å². The number of hydrogen-bond donors (Lipinski definition) is 1. The predicted octanol–water partition coefficient (Wildman–Crippen LogP) is 2.72. The monoisotopic (exact) mass is 295 g/mol. The number of aromatic nitrogens is 1. The van der Waals surface area contributed by atoms with Crippen molar-refractivity contribution in [2.45, 2.75) is 51.7 Å². The molecule has 0 bridgehead atoms. The standard InChI is InChI=1S/C16H26FN3O/c1-16(2,3)19-10-12-9-13(17)11-18-15(12)20(4)14-5-7-21-8-6-14/h9,11,14,19H,5-8,10H2,1-4H3. The number of nitrogens with one attached hydrogen (secondary N) is 1. The van der Waals surface area contributed by atoms with E-state index in [1.165, 1.54) is 6.20 Å². The summed E-state index contributed by atoms with van der Waals surface area (Å²) in [6.07, 6.45) is 3.27. The third kappa shape index (κ3) is 4.64. The van der Waals surface area contributed by atoms with Crippen LogP contribution < -0.4 is 10.2 Å². The topological polar surface area (TPSA) is 37.4 Å². The van der Waals surface area contributed by atoms with Gasteiger partial charge in [-0.1, -0.05) is 0 Å². The summed E-state index contributed by atoms with van der Waals surface area (Å²) in [7, 11) is 2.04. The molecule has 2 rings (SSSR count). The Kier molecular flexibility index (Phi) is 5.17. The highest BCUT2D eigenvalue weighted by Gasteiger charge is 2.22. The van der Waals surface area contributed by atoms with Crippen molar-refractivity contribution in [1.29, 1.82) is 0 Å². The molecular formula is C16H26FN3O. The molecule has 0 spiro atoms. The average Bonchev–Trinajstić information content (AvgIpc) is 2.45. The number of nitrogens with zero attached hydrogens (tertiary/aromatic N) is 2. The van der Waals surface area contributed by atoms with E-state index in [0.29, 0.717) is 12.6 Å². The van der Waals surface area contributed by atoms with E-state index in [-0.39, 0.29) is 11.4 Å². The maximum atomic E-state index is 13.5. The van der Waals surface area contributed by atoms with E-state index in [1.54, 1.807) is 6.07 Å². The molecule has 0 aliphatic carbocycles. The summed E-state index contributed by atoms with van der Waals surface area (Å²) in [6.45, 7) is 8.47. The molecule has 1 saturated heterocycles. The Balaban J connectivity index is 2.17. The van der Waals surface area contributed by atoms with Crippen molar-refractivity contribution in [3.8, 4) is 0 Å². The lowest BCUT2D eigenvalue weighted by Gasteiger charge is -2.33. The van der Waals surface area contributed by atoms with Gasteiger partial charge in [0.05, 0.1) is 6.20 Å². The normalized spacial score (nSPS) is 17.0. The molecule has 1 fully saturated rings. The van der Waals surface area contributed by atoms with Gasteiger partial charge in [-0.05, 0) is 39.7 Å². The van der Waals surface area contributed by atoms with Gasteiger partial charge >= 0.3 is 0 Å². The highest BCUT2D eigenvalue weighted by molar-refractivity contribution is 5.47. The smallest absolute Gasteiger partial charge is 0.141 e. The number of pyridine rings is 1. The van der Waals surface area contributed by atoms with Gasteiger partial charge in [0.25, 0.3) is 0 Å². The first kappa shape index (κ1) is 16.2. The fraction of sp³-hybridized carbons (Fsp3) is 0.688. The van der Waals surface area contributed by atoms with Gasteiger partial charge in [-0.2, -0.15) is 0 Å². The molecule has 0 amide bonds. The zero-order valence-corrected chi connectivity index (χ0v) is 13.4. The van der Waals surface area contributed by atoms with Crippen LogP contribution in [0.3, 0.4) is 0 Å². The Morgan fingerprint density at radius 3 is 2.67 bits per heavy atom. The van der Waals surface area contributed by atoms with E-state index < -0.39 is 0 Å². The molecule has 2 heterocycles. The summed E-state index contributed by atoms with van der Waals surface area (Å²) in [5.41, 5.74) is 0.889. The van der Waals surface area contributed by atoms with Crippen LogP contribution in [0.2, 0.25) is 0 Å². The number of halogens is 1. The number of anilines is 1. The fourth-order valence-electron chi connectivity index (χ4n) is 2.53. The first-order chi connectivity index (χ1) is 9.87. The molecule has 21 heavy (non-hydrogen) atoms. The SMILES string of the molecule is CN(c1ncc(F)cc1CNC(C)(C)C)C1CCOCC1. The second-order valence-electron chi connectivity index (χ2n) is 6.69. The van der Waals surface area contributed by atoms with Gasteiger partial charge < -0.3 is 15.0 Å². The van der Waals surface area contributed by atoms with Gasteiger partial charge in [0, 0.05) is 44.0 Å². The molecule has 0 aromatic carbocycles. The highest BCUT2D eigenvalue weighted by atomic mass is 19.1. The fourth-order valence-corrected chi connectivity index (χ4v) is 2.53. The molecule has 0 unspecified atom stereocenters. The Labute approximate surface area is 126 Å². The third-order valence-electron chi connectivity index (χ3n) is 3.79. The van der Waals surface area contributed by atoms with Crippen LogP contribution in [0, 0.1) is 5.82 Å². The van der Waals surface area contributed by atoms with E-state index in [1.807, 2.05) is 7.05 Å². The molecule has 0 saturated carbocycles. The van der Waals surface area contributed by atoms with E-state index in [2.05, 4.69) is 36.0 Å². The molecule has 0 radical (unpaired) electrons. The molecule has 0 atom stereocenters. The molecule has 5 heteroatoms. The van der Waals surface area contributed by atoms with Crippen molar-refractivity contribution in [3.05, 3.63) is 23.6 Å². The minimum atomic E-state index is -0.287. The maximum absolute atomic E-state index is 13.5. The van der Waals surface area contributed by atoms with Gasteiger partial charge in [-0.15, -0.1) is 0 Å². The highest BCUT2D eigenvalue weighted by Crippen LogP contribution is 2.24. The van der Waals surface area contributed by atoms with Crippen LogP contribution in [-0.2, 0) is 11.3 Å². The Hall–Kier alpha value is -1.20. The summed E-state index contributed by atoms with van der Waals surface area (Å²) in [5, 5.41) is 3.41. The van der Waals surface area contributed by atoms with Crippen LogP contribution in [0.15, 0.2) is 12.3 Å². The zero-order valence-electron chi connectivity index (χ0n) is 13.4. The molecule has 1 aromatic rings. The minimum absolute atomic E-state index is 0.0131. The van der Waals surface area contributed by atoms with Crippen LogP contribution in [0.1, 0.15) is 39.2 Å².